The molecule has 0 saturated carbocycles. The first-order valence-corrected chi connectivity index (χ1v) is 6.38. The van der Waals surface area contributed by atoms with E-state index in [9.17, 15) is 18.0 Å². The highest BCUT2D eigenvalue weighted by atomic mass is 32.2. The maximum absolute atomic E-state index is 12.0. The number of sulfonamides is 1. The summed E-state index contributed by atoms with van der Waals surface area (Å²) in [7, 11) is -3.90. The predicted octanol–water partition coefficient (Wildman–Crippen LogP) is -0.156. The molecular formula is C9H15NO5S. The molecular weight excluding hydrogens is 234 g/mol. The lowest BCUT2D eigenvalue weighted by molar-refractivity contribution is -0.139. The Hall–Kier alpha value is -0.950. The second kappa shape index (κ2) is 4.14. The highest BCUT2D eigenvalue weighted by Crippen LogP contribution is 2.23. The maximum atomic E-state index is 12.0. The topological polar surface area (TPSA) is 91.8 Å². The SMILES string of the molecule is CC(C)(C(=O)O)S(=O)(=O)N1CCC(=O)CC1. The molecule has 92 valence electrons. The third-order valence-electron chi connectivity index (χ3n) is 2.78. The Morgan fingerprint density at radius 2 is 1.75 bits per heavy atom. The average molecular weight is 249 g/mol. The first-order valence-electron chi connectivity index (χ1n) is 4.94. The predicted molar refractivity (Wildman–Crippen MR) is 56.4 cm³/mol. The third-order valence-corrected chi connectivity index (χ3v) is 5.29. The molecule has 0 aromatic heterocycles. The van der Waals surface area contributed by atoms with Gasteiger partial charge in [0.05, 0.1) is 0 Å². The van der Waals surface area contributed by atoms with E-state index in [1.807, 2.05) is 0 Å². The van der Waals surface area contributed by atoms with E-state index in [2.05, 4.69) is 0 Å². The highest BCUT2D eigenvalue weighted by Gasteiger charge is 2.46. The third kappa shape index (κ3) is 2.10. The van der Waals surface area contributed by atoms with Crippen molar-refractivity contribution in [3.63, 3.8) is 0 Å². The van der Waals surface area contributed by atoms with Gasteiger partial charge in [-0.1, -0.05) is 0 Å². The van der Waals surface area contributed by atoms with E-state index in [4.69, 9.17) is 5.11 Å². The van der Waals surface area contributed by atoms with Crippen molar-refractivity contribution in [2.75, 3.05) is 13.1 Å². The van der Waals surface area contributed by atoms with Crippen molar-refractivity contribution in [1.82, 2.24) is 4.31 Å². The Kier molecular flexibility index (Phi) is 3.39. The van der Waals surface area contributed by atoms with Crippen LogP contribution in [0.3, 0.4) is 0 Å². The molecule has 1 fully saturated rings. The Labute approximate surface area is 94.3 Å². The Balaban J connectivity index is 2.95. The van der Waals surface area contributed by atoms with Gasteiger partial charge in [0, 0.05) is 25.9 Å². The lowest BCUT2D eigenvalue weighted by Crippen LogP contribution is -2.51. The van der Waals surface area contributed by atoms with Gasteiger partial charge in [-0.25, -0.2) is 12.7 Å². The monoisotopic (exact) mass is 249 g/mol. The minimum atomic E-state index is -3.90. The molecule has 1 saturated heterocycles. The van der Waals surface area contributed by atoms with E-state index in [0.29, 0.717) is 0 Å². The van der Waals surface area contributed by atoms with Gasteiger partial charge in [0.2, 0.25) is 10.0 Å². The standard InChI is InChI=1S/C9H15NO5S/c1-9(2,8(12)13)16(14,15)10-5-3-7(11)4-6-10/h3-6H2,1-2H3,(H,12,13). The van der Waals surface area contributed by atoms with Crippen molar-refractivity contribution in [2.45, 2.75) is 31.4 Å². The fraction of sp³-hybridized carbons (Fsp3) is 0.778. The number of carbonyl (C=O) groups is 2. The van der Waals surface area contributed by atoms with Gasteiger partial charge < -0.3 is 5.11 Å². The Morgan fingerprint density at radius 3 is 2.12 bits per heavy atom. The fourth-order valence-corrected chi connectivity index (χ4v) is 2.94. The van der Waals surface area contributed by atoms with Crippen molar-refractivity contribution in [2.24, 2.45) is 0 Å². The van der Waals surface area contributed by atoms with Crippen molar-refractivity contribution in [3.8, 4) is 0 Å². The summed E-state index contributed by atoms with van der Waals surface area (Å²) in [5.41, 5.74) is 0. The Morgan fingerprint density at radius 1 is 1.31 bits per heavy atom. The summed E-state index contributed by atoms with van der Waals surface area (Å²) in [6, 6.07) is 0. The average Bonchev–Trinajstić information content (AvgIpc) is 2.17. The number of carbonyl (C=O) groups excluding carboxylic acids is 1. The number of piperidine rings is 1. The largest absolute Gasteiger partial charge is 0.480 e. The molecule has 7 heteroatoms. The number of ketones is 1. The maximum Gasteiger partial charge on any atom is 0.325 e. The van der Waals surface area contributed by atoms with E-state index < -0.39 is 20.7 Å². The molecule has 0 spiro atoms. The van der Waals surface area contributed by atoms with Gasteiger partial charge in [-0.15, -0.1) is 0 Å². The van der Waals surface area contributed by atoms with Crippen LogP contribution in [0.1, 0.15) is 26.7 Å². The smallest absolute Gasteiger partial charge is 0.325 e. The van der Waals surface area contributed by atoms with Crippen LogP contribution in [-0.4, -0.2) is 47.4 Å². The molecule has 1 heterocycles. The number of nitrogens with zero attached hydrogens (tertiary/aromatic N) is 1. The molecule has 0 amide bonds. The number of carboxylic acid groups (broad SMARTS) is 1. The number of Topliss-reactive ketones (excluding diaryl/α,β-unsaturated/α-hetero) is 1. The molecule has 0 atom stereocenters. The Bertz CT molecular complexity index is 402. The van der Waals surface area contributed by atoms with Gasteiger partial charge in [0.25, 0.3) is 0 Å². The first-order chi connectivity index (χ1) is 7.19. The van der Waals surface area contributed by atoms with Crippen LogP contribution in [0, 0.1) is 0 Å². The van der Waals surface area contributed by atoms with Crippen LogP contribution in [0.15, 0.2) is 0 Å². The van der Waals surface area contributed by atoms with E-state index in [0.717, 1.165) is 18.2 Å². The molecule has 0 bridgehead atoms. The first kappa shape index (κ1) is 13.1. The number of hydrogen-bond acceptors (Lipinski definition) is 4. The fourth-order valence-electron chi connectivity index (χ4n) is 1.41. The molecule has 6 nitrogen and oxygen atoms in total. The number of hydrogen-bond donors (Lipinski definition) is 1. The number of rotatable bonds is 3. The van der Waals surface area contributed by atoms with E-state index >= 15 is 0 Å². The molecule has 16 heavy (non-hydrogen) atoms. The van der Waals surface area contributed by atoms with Gasteiger partial charge in [0.15, 0.2) is 4.75 Å². The zero-order valence-corrected chi connectivity index (χ0v) is 10.1. The van der Waals surface area contributed by atoms with Crippen molar-refractivity contribution >= 4 is 21.8 Å². The summed E-state index contributed by atoms with van der Waals surface area (Å²) in [4.78, 5) is 21.9. The molecule has 1 N–H and O–H groups in total. The van der Waals surface area contributed by atoms with Crippen molar-refractivity contribution in [1.29, 1.82) is 0 Å². The minimum Gasteiger partial charge on any atom is -0.480 e. The molecule has 0 radical (unpaired) electrons. The van der Waals surface area contributed by atoms with Crippen LogP contribution in [0.25, 0.3) is 0 Å². The van der Waals surface area contributed by atoms with Crippen molar-refractivity contribution in [3.05, 3.63) is 0 Å². The van der Waals surface area contributed by atoms with Gasteiger partial charge >= 0.3 is 5.97 Å². The summed E-state index contributed by atoms with van der Waals surface area (Å²) in [5, 5.41) is 8.89. The van der Waals surface area contributed by atoms with Crippen LogP contribution >= 0.6 is 0 Å². The molecule has 0 aromatic rings. The lowest BCUT2D eigenvalue weighted by Gasteiger charge is -2.31. The van der Waals surface area contributed by atoms with Crippen LogP contribution < -0.4 is 0 Å². The van der Waals surface area contributed by atoms with Gasteiger partial charge in [-0.3, -0.25) is 9.59 Å². The van der Waals surface area contributed by atoms with Crippen LogP contribution in [0.2, 0.25) is 0 Å². The lowest BCUT2D eigenvalue weighted by atomic mass is 10.1. The molecule has 0 unspecified atom stereocenters. The summed E-state index contributed by atoms with van der Waals surface area (Å²) >= 11 is 0. The second-order valence-electron chi connectivity index (χ2n) is 4.26. The molecule has 1 aliphatic rings. The number of carboxylic acids is 1. The van der Waals surface area contributed by atoms with Crippen molar-refractivity contribution < 1.29 is 23.1 Å². The van der Waals surface area contributed by atoms with Crippen LogP contribution in [-0.2, 0) is 19.6 Å². The minimum absolute atomic E-state index is 0.0135. The summed E-state index contributed by atoms with van der Waals surface area (Å²) in [6.07, 6.45) is 0.323. The summed E-state index contributed by atoms with van der Waals surface area (Å²) in [6.45, 7) is 2.47. The van der Waals surface area contributed by atoms with E-state index in [1.54, 1.807) is 0 Å². The second-order valence-corrected chi connectivity index (χ2v) is 6.75. The quantitative estimate of drug-likeness (QED) is 0.750. The van der Waals surface area contributed by atoms with Gasteiger partial charge in [0.1, 0.15) is 5.78 Å². The molecule has 1 aliphatic heterocycles. The van der Waals surface area contributed by atoms with Crippen LogP contribution in [0.5, 0.6) is 0 Å². The van der Waals surface area contributed by atoms with E-state index in [1.165, 1.54) is 0 Å². The highest BCUT2D eigenvalue weighted by molar-refractivity contribution is 7.91. The molecule has 1 rings (SSSR count). The van der Waals surface area contributed by atoms with Gasteiger partial charge in [-0.2, -0.15) is 0 Å². The van der Waals surface area contributed by atoms with E-state index in [-0.39, 0.29) is 31.7 Å². The number of aliphatic carboxylic acids is 1. The molecule has 0 aliphatic carbocycles. The van der Waals surface area contributed by atoms with Gasteiger partial charge in [-0.05, 0) is 13.8 Å². The molecule has 0 aromatic carbocycles. The zero-order chi connectivity index (χ0) is 12.6. The normalized spacial score (nSPS) is 19.8. The van der Waals surface area contributed by atoms with Crippen LogP contribution in [0.4, 0.5) is 0 Å². The summed E-state index contributed by atoms with van der Waals surface area (Å²) in [5.74, 6) is -1.37. The zero-order valence-electron chi connectivity index (χ0n) is 9.26. The summed E-state index contributed by atoms with van der Waals surface area (Å²) < 4.78 is 23.2.